The number of aryl methyl sites for hydroxylation is 1. The molecule has 0 bridgehead atoms. The molecule has 0 saturated carbocycles. The fourth-order valence-electron chi connectivity index (χ4n) is 4.02. The molecule has 3 heteroatoms. The summed E-state index contributed by atoms with van der Waals surface area (Å²) in [6.45, 7) is 9.83. The first kappa shape index (κ1) is 14.8. The number of anilines is 1. The SMILES string of the molecule is Cc1cccc(F)c1N1CC2CCCCN2CC1C(C)C. The van der Waals surface area contributed by atoms with Crippen LogP contribution in [0.2, 0.25) is 0 Å². The van der Waals surface area contributed by atoms with E-state index in [0.717, 1.165) is 24.3 Å². The molecule has 2 fully saturated rings. The van der Waals surface area contributed by atoms with Crippen molar-refractivity contribution in [1.29, 1.82) is 0 Å². The van der Waals surface area contributed by atoms with E-state index in [9.17, 15) is 4.39 Å². The molecule has 1 aromatic rings. The van der Waals surface area contributed by atoms with Crippen molar-refractivity contribution in [3.63, 3.8) is 0 Å². The highest BCUT2D eigenvalue weighted by atomic mass is 19.1. The van der Waals surface area contributed by atoms with E-state index >= 15 is 0 Å². The van der Waals surface area contributed by atoms with Gasteiger partial charge in [-0.15, -0.1) is 0 Å². The van der Waals surface area contributed by atoms with Crippen molar-refractivity contribution in [1.82, 2.24) is 4.90 Å². The van der Waals surface area contributed by atoms with Gasteiger partial charge in [-0.05, 0) is 43.9 Å². The molecular weight excluding hydrogens is 263 g/mol. The monoisotopic (exact) mass is 290 g/mol. The molecule has 1 aromatic carbocycles. The lowest BCUT2D eigenvalue weighted by molar-refractivity contribution is 0.1000. The number of hydrogen-bond donors (Lipinski definition) is 0. The molecule has 2 aliphatic heterocycles. The predicted molar refractivity (Wildman–Crippen MR) is 86.3 cm³/mol. The van der Waals surface area contributed by atoms with E-state index in [4.69, 9.17) is 0 Å². The van der Waals surface area contributed by atoms with Crippen molar-refractivity contribution in [3.05, 3.63) is 29.6 Å². The molecule has 0 aromatic heterocycles. The Labute approximate surface area is 127 Å². The van der Waals surface area contributed by atoms with Crippen LogP contribution >= 0.6 is 0 Å². The average Bonchev–Trinajstić information content (AvgIpc) is 2.46. The van der Waals surface area contributed by atoms with E-state index < -0.39 is 0 Å². The molecule has 3 rings (SSSR count). The second-order valence-electron chi connectivity index (χ2n) is 7.01. The lowest BCUT2D eigenvalue weighted by atomic mass is 9.91. The molecule has 0 amide bonds. The normalized spacial score (nSPS) is 27.0. The van der Waals surface area contributed by atoms with Crippen LogP contribution in [-0.2, 0) is 0 Å². The van der Waals surface area contributed by atoms with Crippen molar-refractivity contribution < 1.29 is 4.39 Å². The summed E-state index contributed by atoms with van der Waals surface area (Å²) in [4.78, 5) is 5.00. The number of piperidine rings is 1. The van der Waals surface area contributed by atoms with Crippen molar-refractivity contribution in [2.45, 2.75) is 52.1 Å². The van der Waals surface area contributed by atoms with Crippen LogP contribution in [0.25, 0.3) is 0 Å². The molecule has 2 heterocycles. The summed E-state index contributed by atoms with van der Waals surface area (Å²) in [7, 11) is 0. The van der Waals surface area contributed by atoms with Crippen LogP contribution < -0.4 is 4.90 Å². The van der Waals surface area contributed by atoms with E-state index in [0.29, 0.717) is 18.0 Å². The number of nitrogens with zero attached hydrogens (tertiary/aromatic N) is 2. The fourth-order valence-corrected chi connectivity index (χ4v) is 4.02. The Morgan fingerprint density at radius 3 is 2.71 bits per heavy atom. The molecule has 0 spiro atoms. The van der Waals surface area contributed by atoms with Gasteiger partial charge in [0.05, 0.1) is 5.69 Å². The third-order valence-corrected chi connectivity index (χ3v) is 5.22. The van der Waals surface area contributed by atoms with Crippen LogP contribution in [0.1, 0.15) is 38.7 Å². The number of rotatable bonds is 2. The van der Waals surface area contributed by atoms with Gasteiger partial charge in [0.1, 0.15) is 5.82 Å². The molecule has 116 valence electrons. The first-order chi connectivity index (χ1) is 10.1. The molecule has 2 saturated heterocycles. The standard InChI is InChI=1S/C18H27FN2/c1-13(2)17-12-20-10-5-4-8-15(20)11-21(17)18-14(3)7-6-9-16(18)19/h6-7,9,13,15,17H,4-5,8,10-12H2,1-3H3. The van der Waals surface area contributed by atoms with Crippen LogP contribution in [0.15, 0.2) is 18.2 Å². The Kier molecular flexibility index (Phi) is 4.21. The zero-order chi connectivity index (χ0) is 15.0. The quantitative estimate of drug-likeness (QED) is 0.816. The maximum atomic E-state index is 14.4. The van der Waals surface area contributed by atoms with Crippen LogP contribution in [0.4, 0.5) is 10.1 Å². The molecule has 2 atom stereocenters. The maximum absolute atomic E-state index is 14.4. The summed E-state index contributed by atoms with van der Waals surface area (Å²) in [5.74, 6) is 0.469. The Morgan fingerprint density at radius 1 is 1.19 bits per heavy atom. The first-order valence-electron chi connectivity index (χ1n) is 8.33. The second-order valence-corrected chi connectivity index (χ2v) is 7.01. The van der Waals surface area contributed by atoms with Crippen LogP contribution in [0.5, 0.6) is 0 Å². The minimum atomic E-state index is -0.0649. The van der Waals surface area contributed by atoms with Gasteiger partial charge in [-0.1, -0.05) is 32.4 Å². The molecule has 21 heavy (non-hydrogen) atoms. The number of hydrogen-bond acceptors (Lipinski definition) is 2. The first-order valence-corrected chi connectivity index (χ1v) is 8.33. The third-order valence-electron chi connectivity index (χ3n) is 5.22. The van der Waals surface area contributed by atoms with Gasteiger partial charge in [-0.2, -0.15) is 0 Å². The highest BCUT2D eigenvalue weighted by Gasteiger charge is 2.37. The highest BCUT2D eigenvalue weighted by Crippen LogP contribution is 2.34. The second kappa shape index (κ2) is 5.96. The van der Waals surface area contributed by atoms with Crippen molar-refractivity contribution in [3.8, 4) is 0 Å². The van der Waals surface area contributed by atoms with Gasteiger partial charge in [0.15, 0.2) is 0 Å². The molecular formula is C18H27FN2. The Hall–Kier alpha value is -1.09. The molecule has 0 radical (unpaired) electrons. The summed E-state index contributed by atoms with van der Waals surface area (Å²) in [5.41, 5.74) is 1.89. The highest BCUT2D eigenvalue weighted by molar-refractivity contribution is 5.56. The van der Waals surface area contributed by atoms with E-state index in [-0.39, 0.29) is 5.82 Å². The largest absolute Gasteiger partial charge is 0.363 e. The third kappa shape index (κ3) is 2.80. The molecule has 2 nitrogen and oxygen atoms in total. The summed E-state index contributed by atoms with van der Waals surface area (Å²) >= 11 is 0. The van der Waals surface area contributed by atoms with Crippen molar-refractivity contribution in [2.75, 3.05) is 24.5 Å². The number of para-hydroxylation sites is 1. The Bertz CT molecular complexity index is 480. The van der Waals surface area contributed by atoms with Gasteiger partial charge >= 0.3 is 0 Å². The van der Waals surface area contributed by atoms with Gasteiger partial charge < -0.3 is 4.90 Å². The molecule has 2 unspecified atom stereocenters. The van der Waals surface area contributed by atoms with E-state index in [1.54, 1.807) is 6.07 Å². The molecule has 0 N–H and O–H groups in total. The van der Waals surface area contributed by atoms with Gasteiger partial charge in [-0.3, -0.25) is 4.90 Å². The van der Waals surface area contributed by atoms with Crippen molar-refractivity contribution >= 4 is 5.69 Å². The minimum Gasteiger partial charge on any atom is -0.363 e. The topological polar surface area (TPSA) is 6.48 Å². The predicted octanol–water partition coefficient (Wildman–Crippen LogP) is 3.83. The summed E-state index contributed by atoms with van der Waals surface area (Å²) in [5, 5.41) is 0. The minimum absolute atomic E-state index is 0.0649. The number of piperazine rings is 1. The zero-order valence-corrected chi connectivity index (χ0v) is 13.5. The number of halogens is 1. The van der Waals surface area contributed by atoms with E-state index in [1.165, 1.54) is 25.8 Å². The summed E-state index contributed by atoms with van der Waals surface area (Å²) in [6, 6.07) is 6.47. The number of benzene rings is 1. The van der Waals surface area contributed by atoms with Gasteiger partial charge in [0.2, 0.25) is 0 Å². The van der Waals surface area contributed by atoms with Crippen molar-refractivity contribution in [2.24, 2.45) is 5.92 Å². The van der Waals surface area contributed by atoms with Gasteiger partial charge in [-0.25, -0.2) is 4.39 Å². The van der Waals surface area contributed by atoms with Crippen LogP contribution in [0, 0.1) is 18.7 Å². The lowest BCUT2D eigenvalue weighted by Crippen LogP contribution is -2.61. The molecule has 2 aliphatic rings. The summed E-state index contributed by atoms with van der Waals surface area (Å²) in [6.07, 6.45) is 3.90. The van der Waals surface area contributed by atoms with E-state index in [1.807, 2.05) is 19.1 Å². The average molecular weight is 290 g/mol. The van der Waals surface area contributed by atoms with Gasteiger partial charge in [0, 0.05) is 25.2 Å². The van der Waals surface area contributed by atoms with Crippen LogP contribution in [0.3, 0.4) is 0 Å². The lowest BCUT2D eigenvalue weighted by Gasteiger charge is -2.51. The smallest absolute Gasteiger partial charge is 0.146 e. The Morgan fingerprint density at radius 2 is 2.00 bits per heavy atom. The van der Waals surface area contributed by atoms with Gasteiger partial charge in [0.25, 0.3) is 0 Å². The number of fused-ring (bicyclic) bond motifs is 1. The maximum Gasteiger partial charge on any atom is 0.146 e. The summed E-state index contributed by atoms with van der Waals surface area (Å²) < 4.78 is 14.4. The zero-order valence-electron chi connectivity index (χ0n) is 13.5. The van der Waals surface area contributed by atoms with E-state index in [2.05, 4.69) is 23.6 Å². The Balaban J connectivity index is 1.94. The van der Waals surface area contributed by atoms with Crippen LogP contribution in [-0.4, -0.2) is 36.6 Å². The fraction of sp³-hybridized carbons (Fsp3) is 0.667. The molecule has 0 aliphatic carbocycles.